The molecule has 6 nitrogen and oxygen atoms in total. The summed E-state index contributed by atoms with van der Waals surface area (Å²) in [4.78, 5) is 21.5. The minimum absolute atomic E-state index is 0.117. The van der Waals surface area contributed by atoms with E-state index in [0.29, 0.717) is 24.5 Å². The molecule has 1 amide bonds. The number of halogens is 1. The molecule has 1 aromatic carbocycles. The summed E-state index contributed by atoms with van der Waals surface area (Å²) in [6.45, 7) is 5.73. The molecule has 146 valence electrons. The molecule has 8 heteroatoms. The highest BCUT2D eigenvalue weighted by atomic mass is 35.5. The summed E-state index contributed by atoms with van der Waals surface area (Å²) in [5, 5.41) is 7.39. The number of carbonyl (C=O) groups is 1. The molecule has 0 unspecified atom stereocenters. The molecule has 1 aliphatic rings. The highest BCUT2D eigenvalue weighted by Crippen LogP contribution is 2.30. The molecule has 0 saturated carbocycles. The van der Waals surface area contributed by atoms with Gasteiger partial charge in [0.2, 0.25) is 5.91 Å². The van der Waals surface area contributed by atoms with Crippen LogP contribution >= 0.6 is 22.9 Å². The average molecular weight is 417 g/mol. The van der Waals surface area contributed by atoms with Gasteiger partial charge in [-0.25, -0.2) is 4.98 Å². The van der Waals surface area contributed by atoms with Crippen molar-refractivity contribution in [1.29, 1.82) is 0 Å². The number of aromatic nitrogens is 2. The maximum Gasteiger partial charge on any atom is 0.228 e. The van der Waals surface area contributed by atoms with E-state index >= 15 is 0 Å². The van der Waals surface area contributed by atoms with Gasteiger partial charge in [0.1, 0.15) is 5.01 Å². The van der Waals surface area contributed by atoms with Gasteiger partial charge < -0.3 is 9.42 Å². The lowest BCUT2D eigenvalue weighted by Crippen LogP contribution is -2.48. The topological polar surface area (TPSA) is 62.5 Å². The van der Waals surface area contributed by atoms with E-state index < -0.39 is 0 Å². The van der Waals surface area contributed by atoms with Gasteiger partial charge in [-0.2, -0.15) is 0 Å². The Morgan fingerprint density at radius 2 is 2.04 bits per heavy atom. The van der Waals surface area contributed by atoms with Crippen molar-refractivity contribution in [2.75, 3.05) is 26.2 Å². The van der Waals surface area contributed by atoms with Crippen LogP contribution in [0.3, 0.4) is 0 Å². The summed E-state index contributed by atoms with van der Waals surface area (Å²) < 4.78 is 5.28. The number of aryl methyl sites for hydroxylation is 1. The van der Waals surface area contributed by atoms with Crippen molar-refractivity contribution in [2.24, 2.45) is 0 Å². The van der Waals surface area contributed by atoms with E-state index in [4.69, 9.17) is 16.1 Å². The molecule has 1 fully saturated rings. The third kappa shape index (κ3) is 4.43. The number of hydrogen-bond donors (Lipinski definition) is 0. The van der Waals surface area contributed by atoms with Gasteiger partial charge in [-0.3, -0.25) is 9.69 Å². The van der Waals surface area contributed by atoms with Crippen molar-refractivity contribution in [3.8, 4) is 10.6 Å². The quantitative estimate of drug-likeness (QED) is 0.635. The van der Waals surface area contributed by atoms with E-state index in [1.54, 1.807) is 0 Å². The number of piperazine rings is 1. The van der Waals surface area contributed by atoms with Crippen molar-refractivity contribution in [2.45, 2.75) is 19.9 Å². The van der Waals surface area contributed by atoms with Gasteiger partial charge in [-0.05, 0) is 13.0 Å². The van der Waals surface area contributed by atoms with Gasteiger partial charge >= 0.3 is 0 Å². The largest absolute Gasteiger partial charge is 0.360 e. The Morgan fingerprint density at radius 1 is 1.25 bits per heavy atom. The van der Waals surface area contributed by atoms with Gasteiger partial charge in [-0.15, -0.1) is 11.3 Å². The van der Waals surface area contributed by atoms with E-state index in [1.165, 1.54) is 11.3 Å². The van der Waals surface area contributed by atoms with E-state index in [1.807, 2.05) is 47.5 Å². The Bertz CT molecular complexity index is 963. The molecule has 1 aliphatic heterocycles. The molecule has 3 heterocycles. The molecule has 0 aliphatic carbocycles. The fourth-order valence-corrected chi connectivity index (χ4v) is 4.42. The summed E-state index contributed by atoms with van der Waals surface area (Å²) >= 11 is 7.76. The lowest BCUT2D eigenvalue weighted by molar-refractivity contribution is -0.132. The van der Waals surface area contributed by atoms with Crippen molar-refractivity contribution < 1.29 is 9.32 Å². The smallest absolute Gasteiger partial charge is 0.228 e. The van der Waals surface area contributed by atoms with Crippen LogP contribution in [-0.4, -0.2) is 52.0 Å². The van der Waals surface area contributed by atoms with Gasteiger partial charge in [0.25, 0.3) is 0 Å². The second-order valence-electron chi connectivity index (χ2n) is 6.89. The molecule has 0 spiro atoms. The zero-order valence-electron chi connectivity index (χ0n) is 15.6. The Morgan fingerprint density at radius 3 is 2.75 bits per heavy atom. The number of rotatable bonds is 5. The Kier molecular flexibility index (Phi) is 5.75. The molecular weight excluding hydrogens is 396 g/mol. The van der Waals surface area contributed by atoms with Crippen LogP contribution in [0.15, 0.2) is 40.2 Å². The van der Waals surface area contributed by atoms with E-state index in [-0.39, 0.29) is 5.91 Å². The number of hydrogen-bond acceptors (Lipinski definition) is 6. The van der Waals surface area contributed by atoms with Crippen LogP contribution in [0.2, 0.25) is 5.02 Å². The summed E-state index contributed by atoms with van der Waals surface area (Å²) in [5.41, 5.74) is 2.59. The third-order valence-corrected chi connectivity index (χ3v) is 6.02. The Labute approximate surface area is 172 Å². The van der Waals surface area contributed by atoms with Gasteiger partial charge in [-0.1, -0.05) is 35.0 Å². The van der Waals surface area contributed by atoms with Crippen LogP contribution in [0, 0.1) is 6.92 Å². The van der Waals surface area contributed by atoms with E-state index in [2.05, 4.69) is 15.0 Å². The maximum atomic E-state index is 12.7. The van der Waals surface area contributed by atoms with Crippen molar-refractivity contribution in [1.82, 2.24) is 19.9 Å². The number of carbonyl (C=O) groups excluding carboxylic acids is 1. The third-order valence-electron chi connectivity index (χ3n) is 4.77. The minimum Gasteiger partial charge on any atom is -0.360 e. The molecular formula is C20H21ClN4O2S. The van der Waals surface area contributed by atoms with Crippen LogP contribution in [-0.2, 0) is 17.8 Å². The van der Waals surface area contributed by atoms with Crippen molar-refractivity contribution in [3.05, 3.63) is 57.9 Å². The number of nitrogens with zero attached hydrogens (tertiary/aromatic N) is 4. The molecule has 1 saturated heterocycles. The van der Waals surface area contributed by atoms with Gasteiger partial charge in [0, 0.05) is 43.2 Å². The van der Waals surface area contributed by atoms with E-state index in [0.717, 1.165) is 47.4 Å². The first-order valence-electron chi connectivity index (χ1n) is 9.20. The molecule has 0 atom stereocenters. The second-order valence-corrected chi connectivity index (χ2v) is 8.16. The van der Waals surface area contributed by atoms with Crippen LogP contribution in [0.5, 0.6) is 0 Å². The Hall–Kier alpha value is -2.22. The molecule has 0 N–H and O–H groups in total. The zero-order valence-corrected chi connectivity index (χ0v) is 17.2. The summed E-state index contributed by atoms with van der Waals surface area (Å²) in [7, 11) is 0. The molecule has 2 aromatic heterocycles. The first-order chi connectivity index (χ1) is 13.6. The monoisotopic (exact) mass is 416 g/mol. The Balaban J connectivity index is 1.31. The van der Waals surface area contributed by atoms with Gasteiger partial charge in [0.15, 0.2) is 5.76 Å². The standard InChI is InChI=1S/C20H21ClN4O2S/c1-14-10-16(27-23-14)12-24-6-8-25(9-7-24)19(26)11-15-13-28-20(22-15)17-4-2-3-5-18(17)21/h2-5,10,13H,6-9,11-12H2,1H3. The fourth-order valence-electron chi connectivity index (χ4n) is 3.28. The predicted octanol–water partition coefficient (Wildman–Crippen LogP) is 3.65. The fraction of sp³-hybridized carbons (Fsp3) is 0.350. The van der Waals surface area contributed by atoms with Crippen LogP contribution in [0.1, 0.15) is 17.1 Å². The molecule has 0 bridgehead atoms. The van der Waals surface area contributed by atoms with Crippen LogP contribution in [0.25, 0.3) is 10.6 Å². The molecule has 3 aromatic rings. The van der Waals surface area contributed by atoms with E-state index in [9.17, 15) is 4.79 Å². The maximum absolute atomic E-state index is 12.7. The molecule has 4 rings (SSSR count). The first kappa shape index (κ1) is 19.1. The number of benzene rings is 1. The molecule has 28 heavy (non-hydrogen) atoms. The van der Waals surface area contributed by atoms with Crippen molar-refractivity contribution in [3.63, 3.8) is 0 Å². The number of amides is 1. The lowest BCUT2D eigenvalue weighted by Gasteiger charge is -2.34. The predicted molar refractivity (Wildman–Crippen MR) is 109 cm³/mol. The van der Waals surface area contributed by atoms with Crippen LogP contribution in [0.4, 0.5) is 0 Å². The SMILES string of the molecule is Cc1cc(CN2CCN(C(=O)Cc3csc(-c4ccccc4Cl)n3)CC2)on1. The minimum atomic E-state index is 0.117. The lowest BCUT2D eigenvalue weighted by atomic mass is 10.2. The summed E-state index contributed by atoms with van der Waals surface area (Å²) in [6.07, 6.45) is 0.322. The highest BCUT2D eigenvalue weighted by Gasteiger charge is 2.23. The molecule has 0 radical (unpaired) electrons. The summed E-state index contributed by atoms with van der Waals surface area (Å²) in [5.74, 6) is 0.984. The van der Waals surface area contributed by atoms with Crippen molar-refractivity contribution >= 4 is 28.8 Å². The highest BCUT2D eigenvalue weighted by molar-refractivity contribution is 7.13. The van der Waals surface area contributed by atoms with Gasteiger partial charge in [0.05, 0.1) is 29.4 Å². The first-order valence-corrected chi connectivity index (χ1v) is 10.5. The zero-order chi connectivity index (χ0) is 19.5. The normalized spacial score (nSPS) is 15.1. The second kappa shape index (κ2) is 8.43. The number of thiazole rings is 1. The van der Waals surface area contributed by atoms with Crippen LogP contribution < -0.4 is 0 Å². The average Bonchev–Trinajstić information content (AvgIpc) is 3.31. The summed E-state index contributed by atoms with van der Waals surface area (Å²) in [6, 6.07) is 9.58.